The Morgan fingerprint density at radius 1 is 0.774 bits per heavy atom. The zero-order valence-corrected chi connectivity index (χ0v) is 42.3. The Morgan fingerprint density at radius 2 is 1.47 bits per heavy atom. The van der Waals surface area contributed by atoms with E-state index in [-0.39, 0.29) is 31.3 Å². The first-order valence-corrected chi connectivity index (χ1v) is 28.5. The van der Waals surface area contributed by atoms with Crippen LogP contribution in [0.2, 0.25) is 17.3 Å². The van der Waals surface area contributed by atoms with Gasteiger partial charge in [0.05, 0.1) is 28.0 Å². The van der Waals surface area contributed by atoms with Gasteiger partial charge in [-0.1, -0.05) is 49.4 Å². The zero-order valence-electron chi connectivity index (χ0n) is 37.8. The number of hydrogen-bond acceptors (Lipinski definition) is 5. The van der Waals surface area contributed by atoms with Crippen LogP contribution in [-0.2, 0) is 31.9 Å². The summed E-state index contributed by atoms with van der Waals surface area (Å²) in [5.41, 5.74) is 14.6. The predicted molar refractivity (Wildman–Crippen MR) is 253 cm³/mol. The molecule has 0 N–H and O–H groups in total. The van der Waals surface area contributed by atoms with Crippen molar-refractivity contribution in [3.05, 3.63) is 143 Å². The second-order valence-corrected chi connectivity index (χ2v) is 29.5. The number of rotatable bonds is 6. The summed E-state index contributed by atoms with van der Waals surface area (Å²) in [5.74, 6) is 8.30. The molecule has 0 atom stereocenters. The standard InChI is InChI=1S/C35H31N4O.C18H23FGeN.Ir/c1-19-17-20(2)30(21(3)18-19)39-31-25-12-11-22(4)36-27(25)14-15-28(31)37-33(39)26-10-8-9-23-24-13-16-29(35(5,6)7)38-34(24)40-32(23)26;1-13(2)9-15-11-18(14-7-6-8-16(19)10-14)21-12-17(15)20(3,4)5;/h8-9,11-18H,1-7H3;6,8,10-13H,9H2,1-5H3;/q2*-1;. The van der Waals surface area contributed by atoms with E-state index in [4.69, 9.17) is 19.4 Å². The van der Waals surface area contributed by atoms with E-state index in [2.05, 4.69) is 155 Å². The van der Waals surface area contributed by atoms with E-state index in [9.17, 15) is 4.39 Å². The van der Waals surface area contributed by atoms with Gasteiger partial charge in [0, 0.05) is 53.4 Å². The molecule has 0 fully saturated rings. The fourth-order valence-electron chi connectivity index (χ4n) is 8.51. The summed E-state index contributed by atoms with van der Waals surface area (Å²) in [6, 6.07) is 34.3. The number of aromatic nitrogens is 5. The Morgan fingerprint density at radius 3 is 2.15 bits per heavy atom. The van der Waals surface area contributed by atoms with Crippen LogP contribution in [-0.4, -0.2) is 37.8 Å². The van der Waals surface area contributed by atoms with Crippen LogP contribution in [0.4, 0.5) is 4.39 Å². The van der Waals surface area contributed by atoms with Crippen molar-refractivity contribution >= 4 is 61.7 Å². The minimum absolute atomic E-state index is 0. The summed E-state index contributed by atoms with van der Waals surface area (Å²) in [5, 5.41) is 3.07. The van der Waals surface area contributed by atoms with Gasteiger partial charge in [0.15, 0.2) is 0 Å². The molecule has 5 heterocycles. The van der Waals surface area contributed by atoms with Crippen LogP contribution < -0.4 is 4.40 Å². The van der Waals surface area contributed by atoms with Gasteiger partial charge in [-0.3, -0.25) is 9.97 Å². The summed E-state index contributed by atoms with van der Waals surface area (Å²) in [6.45, 7) is 19.5. The average molecular weight is 1060 g/mol. The molecule has 319 valence electrons. The van der Waals surface area contributed by atoms with Crippen LogP contribution in [0.25, 0.3) is 72.3 Å². The Labute approximate surface area is 381 Å². The molecule has 0 aliphatic heterocycles. The Bertz CT molecular complexity index is 3110. The van der Waals surface area contributed by atoms with Gasteiger partial charge >= 0.3 is 130 Å². The number of halogens is 1. The van der Waals surface area contributed by atoms with Crippen LogP contribution in [0.5, 0.6) is 0 Å². The third-order valence-electron chi connectivity index (χ3n) is 11.2. The van der Waals surface area contributed by atoms with Crippen molar-refractivity contribution in [2.45, 2.75) is 91.4 Å². The van der Waals surface area contributed by atoms with E-state index < -0.39 is 13.3 Å². The van der Waals surface area contributed by atoms with E-state index in [0.29, 0.717) is 11.6 Å². The number of fused-ring (bicyclic) bond motifs is 6. The van der Waals surface area contributed by atoms with Crippen molar-refractivity contribution in [3.8, 4) is 28.3 Å². The molecule has 0 amide bonds. The molecule has 9 aromatic rings. The number of hydrogen-bond donors (Lipinski definition) is 0. The molecule has 4 aromatic carbocycles. The number of nitrogens with zero attached hydrogens (tertiary/aromatic N) is 5. The number of pyridine rings is 3. The van der Waals surface area contributed by atoms with Crippen LogP contribution in [0, 0.1) is 51.6 Å². The smallest absolute Gasteiger partial charge is 0.216 e. The second-order valence-electron chi connectivity index (χ2n) is 19.0. The SMILES string of the molecule is CC(C)Cc1cc(-c2[c-]ccc(F)c2)nc[c]1[Ge]([CH3])([CH3])[CH3].Cc1cc(C)c(-n2c(-c3[c-]ccc4c3oc3nc(C(C)(C)C)ccc34)nc3ccc4nc(C)ccc4c32)c(C)c1.[Ir]. The summed E-state index contributed by atoms with van der Waals surface area (Å²) in [6.07, 6.45) is 3.06. The largest absolute Gasteiger partial charge is 0.486 e. The monoisotopic (exact) mass is 1060 g/mol. The van der Waals surface area contributed by atoms with Gasteiger partial charge in [0.25, 0.3) is 0 Å². The molecular weight excluding hydrogens is 1010 g/mol. The quantitative estimate of drug-likeness (QED) is 0.123. The third kappa shape index (κ3) is 8.79. The topological polar surface area (TPSA) is 69.6 Å². The molecule has 62 heavy (non-hydrogen) atoms. The first-order valence-electron chi connectivity index (χ1n) is 21.2. The molecule has 1 radical (unpaired) electrons. The van der Waals surface area contributed by atoms with E-state index in [1.807, 2.05) is 19.2 Å². The minimum atomic E-state index is -1.95. The van der Waals surface area contributed by atoms with Crippen molar-refractivity contribution in [2.75, 3.05) is 0 Å². The summed E-state index contributed by atoms with van der Waals surface area (Å²) in [4.78, 5) is 19.6. The molecular formula is C53H54FGeIrN5O-2. The van der Waals surface area contributed by atoms with Gasteiger partial charge in [-0.05, 0) is 75.2 Å². The molecule has 0 spiro atoms. The van der Waals surface area contributed by atoms with E-state index in [0.717, 1.165) is 84.4 Å². The van der Waals surface area contributed by atoms with Crippen LogP contribution in [0.1, 0.15) is 68.3 Å². The normalized spacial score (nSPS) is 12.0. The third-order valence-corrected chi connectivity index (χ3v) is 15.6. The van der Waals surface area contributed by atoms with Crippen LogP contribution in [0.15, 0.2) is 95.5 Å². The maximum atomic E-state index is 13.4. The number of aryl methyl sites for hydroxylation is 4. The van der Waals surface area contributed by atoms with E-state index in [1.54, 1.807) is 6.07 Å². The Balaban J connectivity index is 0.000000223. The maximum absolute atomic E-state index is 13.4. The summed E-state index contributed by atoms with van der Waals surface area (Å²) in [7, 11) is 0. The van der Waals surface area contributed by atoms with Crippen LogP contribution in [0.3, 0.4) is 0 Å². The first-order chi connectivity index (χ1) is 28.9. The molecule has 0 unspecified atom stereocenters. The maximum Gasteiger partial charge on any atom is 0.216 e. The Kier molecular flexibility index (Phi) is 12.5. The summed E-state index contributed by atoms with van der Waals surface area (Å²) < 4.78 is 23.7. The van der Waals surface area contributed by atoms with Crippen molar-refractivity contribution in [2.24, 2.45) is 5.92 Å². The molecule has 0 bridgehead atoms. The number of imidazole rings is 1. The van der Waals surface area contributed by atoms with Crippen LogP contribution >= 0.6 is 0 Å². The van der Waals surface area contributed by atoms with E-state index >= 15 is 0 Å². The minimum Gasteiger partial charge on any atom is -0.486 e. The van der Waals surface area contributed by atoms with Gasteiger partial charge in [-0.15, -0.1) is 18.2 Å². The second kappa shape index (κ2) is 17.3. The fourth-order valence-corrected chi connectivity index (χ4v) is 11.8. The molecule has 9 rings (SSSR count). The first kappa shape index (κ1) is 45.0. The molecule has 0 saturated heterocycles. The zero-order chi connectivity index (χ0) is 43.5. The van der Waals surface area contributed by atoms with Gasteiger partial charge in [-0.2, -0.15) is 0 Å². The van der Waals surface area contributed by atoms with Gasteiger partial charge < -0.3 is 8.98 Å². The summed E-state index contributed by atoms with van der Waals surface area (Å²) >= 11 is -1.95. The van der Waals surface area contributed by atoms with Crippen molar-refractivity contribution in [1.29, 1.82) is 0 Å². The van der Waals surface area contributed by atoms with Crippen molar-refractivity contribution in [3.63, 3.8) is 0 Å². The number of benzene rings is 4. The molecule has 6 nitrogen and oxygen atoms in total. The Hall–Kier alpha value is -5.02. The predicted octanol–water partition coefficient (Wildman–Crippen LogP) is 13.3. The fraction of sp³-hybridized carbons (Fsp3) is 0.283. The average Bonchev–Trinajstić information content (AvgIpc) is 3.75. The van der Waals surface area contributed by atoms with Gasteiger partial charge in [0.2, 0.25) is 5.71 Å². The van der Waals surface area contributed by atoms with E-state index in [1.165, 1.54) is 38.8 Å². The molecule has 0 aliphatic carbocycles. The molecule has 0 saturated carbocycles. The van der Waals surface area contributed by atoms with Crippen molar-refractivity contribution < 1.29 is 28.9 Å². The molecule has 9 heteroatoms. The number of furan rings is 1. The molecule has 0 aliphatic rings. The van der Waals surface area contributed by atoms with Gasteiger partial charge in [-0.25, -0.2) is 4.98 Å². The van der Waals surface area contributed by atoms with Gasteiger partial charge in [0.1, 0.15) is 0 Å². The van der Waals surface area contributed by atoms with Crippen molar-refractivity contribution in [1.82, 2.24) is 24.5 Å². The molecule has 5 aromatic heterocycles.